The van der Waals surface area contributed by atoms with Gasteiger partial charge < -0.3 is 0 Å². The molecule has 0 spiro atoms. The van der Waals surface area contributed by atoms with E-state index >= 15 is 0 Å². The van der Waals surface area contributed by atoms with E-state index in [-0.39, 0.29) is 0 Å². The lowest BCUT2D eigenvalue weighted by molar-refractivity contribution is 1.31. The Labute approximate surface area is 236 Å². The second-order valence-corrected chi connectivity index (χ2v) is 10.9. The van der Waals surface area contributed by atoms with Gasteiger partial charge in [-0.15, -0.1) is 0 Å². The summed E-state index contributed by atoms with van der Waals surface area (Å²) in [5.41, 5.74) is 9.26. The SMILES string of the molecule is c1ccc2cc(-c3ccc4cc(-c5ccc6c(c5)c5ccccc5n5c7ccccc7nc65)ccc4c3)ccc2c1. The Hall–Kier alpha value is -5.47. The predicted octanol–water partition coefficient (Wildman–Crippen LogP) is 10.4. The standard InChI is InChI=1S/C39H24N2/c1-2-8-26-21-27(14-13-25(26)7-1)28-15-16-30-23-31(18-17-29(30)22-28)32-19-20-34-35(24-32)33-9-3-5-11-37(33)41-38-12-6-4-10-36(38)40-39(34)41/h1-24H. The number of aromatic nitrogens is 2. The van der Waals surface area contributed by atoms with E-state index in [1.54, 1.807) is 0 Å². The van der Waals surface area contributed by atoms with Gasteiger partial charge in [0, 0.05) is 10.8 Å². The van der Waals surface area contributed by atoms with Crippen molar-refractivity contribution in [3.63, 3.8) is 0 Å². The molecule has 0 radical (unpaired) electrons. The third-order valence-corrected chi connectivity index (χ3v) is 8.51. The van der Waals surface area contributed by atoms with Gasteiger partial charge in [0.2, 0.25) is 0 Å². The zero-order chi connectivity index (χ0) is 26.9. The van der Waals surface area contributed by atoms with Crippen molar-refractivity contribution in [3.8, 4) is 22.3 Å². The smallest absolute Gasteiger partial charge is 0.146 e. The Balaban J connectivity index is 1.19. The summed E-state index contributed by atoms with van der Waals surface area (Å²) in [6.07, 6.45) is 0. The molecule has 190 valence electrons. The number of pyridine rings is 1. The molecule has 41 heavy (non-hydrogen) atoms. The number of hydrogen-bond donors (Lipinski definition) is 0. The van der Waals surface area contributed by atoms with Crippen LogP contribution >= 0.6 is 0 Å². The molecule has 7 aromatic carbocycles. The summed E-state index contributed by atoms with van der Waals surface area (Å²) in [4.78, 5) is 5.05. The monoisotopic (exact) mass is 520 g/mol. The van der Waals surface area contributed by atoms with Gasteiger partial charge in [0.25, 0.3) is 0 Å². The number of rotatable bonds is 2. The third kappa shape index (κ3) is 3.41. The Bertz CT molecular complexity index is 2480. The van der Waals surface area contributed by atoms with Crippen molar-refractivity contribution in [2.45, 2.75) is 0 Å². The topological polar surface area (TPSA) is 17.3 Å². The molecule has 2 heterocycles. The molecule has 0 unspecified atom stereocenters. The quantitative estimate of drug-likeness (QED) is 0.207. The molecule has 0 saturated heterocycles. The van der Waals surface area contributed by atoms with Crippen molar-refractivity contribution >= 4 is 59.9 Å². The number of imidazole rings is 1. The van der Waals surface area contributed by atoms with E-state index in [0.717, 1.165) is 16.7 Å². The average Bonchev–Trinajstić information content (AvgIpc) is 3.44. The first-order chi connectivity index (χ1) is 20.3. The van der Waals surface area contributed by atoms with Crippen LogP contribution < -0.4 is 0 Å². The lowest BCUT2D eigenvalue weighted by atomic mass is 9.95. The summed E-state index contributed by atoms with van der Waals surface area (Å²) < 4.78 is 2.30. The van der Waals surface area contributed by atoms with Crippen molar-refractivity contribution in [3.05, 3.63) is 146 Å². The van der Waals surface area contributed by atoms with Crippen LogP contribution in [0.3, 0.4) is 0 Å². The molecule has 0 N–H and O–H groups in total. The summed E-state index contributed by atoms with van der Waals surface area (Å²) in [6.45, 7) is 0. The Morgan fingerprint density at radius 1 is 0.366 bits per heavy atom. The van der Waals surface area contributed by atoms with Crippen LogP contribution in [-0.4, -0.2) is 9.38 Å². The van der Waals surface area contributed by atoms with E-state index in [9.17, 15) is 0 Å². The Morgan fingerprint density at radius 3 is 1.66 bits per heavy atom. The fraction of sp³-hybridized carbons (Fsp3) is 0. The largest absolute Gasteiger partial charge is 0.292 e. The van der Waals surface area contributed by atoms with Gasteiger partial charge in [0.15, 0.2) is 0 Å². The highest BCUT2D eigenvalue weighted by molar-refractivity contribution is 6.14. The lowest BCUT2D eigenvalue weighted by Crippen LogP contribution is -1.92. The van der Waals surface area contributed by atoms with Crippen molar-refractivity contribution in [1.82, 2.24) is 9.38 Å². The van der Waals surface area contributed by atoms with E-state index in [1.807, 2.05) is 0 Å². The zero-order valence-electron chi connectivity index (χ0n) is 22.3. The highest BCUT2D eigenvalue weighted by Gasteiger charge is 2.14. The van der Waals surface area contributed by atoms with Gasteiger partial charge in [0.1, 0.15) is 5.65 Å². The van der Waals surface area contributed by atoms with Crippen LogP contribution in [0.5, 0.6) is 0 Å². The average molecular weight is 521 g/mol. The molecule has 0 aliphatic carbocycles. The minimum Gasteiger partial charge on any atom is -0.292 e. The van der Waals surface area contributed by atoms with Crippen molar-refractivity contribution in [2.75, 3.05) is 0 Å². The minimum absolute atomic E-state index is 1.01. The summed E-state index contributed by atoms with van der Waals surface area (Å²) in [5.74, 6) is 0. The second kappa shape index (κ2) is 8.51. The van der Waals surface area contributed by atoms with E-state index in [0.29, 0.717) is 0 Å². The molecular weight excluding hydrogens is 496 g/mol. The molecule has 9 aromatic rings. The van der Waals surface area contributed by atoms with Gasteiger partial charge in [0.05, 0.1) is 16.6 Å². The van der Waals surface area contributed by atoms with Gasteiger partial charge >= 0.3 is 0 Å². The number of hydrogen-bond acceptors (Lipinski definition) is 1. The fourth-order valence-corrected chi connectivity index (χ4v) is 6.46. The van der Waals surface area contributed by atoms with Crippen LogP contribution in [-0.2, 0) is 0 Å². The fourth-order valence-electron chi connectivity index (χ4n) is 6.46. The molecule has 0 aliphatic heterocycles. The van der Waals surface area contributed by atoms with E-state index < -0.39 is 0 Å². The molecule has 0 atom stereocenters. The highest BCUT2D eigenvalue weighted by atomic mass is 15.0. The first-order valence-corrected chi connectivity index (χ1v) is 14.1. The van der Waals surface area contributed by atoms with Crippen LogP contribution in [0.4, 0.5) is 0 Å². The van der Waals surface area contributed by atoms with E-state index in [2.05, 4.69) is 150 Å². The molecule has 0 saturated carbocycles. The summed E-state index contributed by atoms with van der Waals surface area (Å²) in [6, 6.07) is 52.7. The molecular formula is C39H24N2. The molecule has 0 bridgehead atoms. The molecule has 9 rings (SSSR count). The van der Waals surface area contributed by atoms with Crippen LogP contribution in [0.2, 0.25) is 0 Å². The summed E-state index contributed by atoms with van der Waals surface area (Å²) in [7, 11) is 0. The maximum atomic E-state index is 5.05. The van der Waals surface area contributed by atoms with Crippen LogP contribution in [0.25, 0.3) is 82.2 Å². The van der Waals surface area contributed by atoms with Crippen molar-refractivity contribution < 1.29 is 0 Å². The van der Waals surface area contributed by atoms with Gasteiger partial charge in [-0.05, 0) is 97.7 Å². The lowest BCUT2D eigenvalue weighted by Gasteiger charge is -2.12. The molecule has 0 fully saturated rings. The maximum absolute atomic E-state index is 5.05. The molecule has 2 aromatic heterocycles. The summed E-state index contributed by atoms with van der Waals surface area (Å²) in [5, 5.41) is 8.66. The summed E-state index contributed by atoms with van der Waals surface area (Å²) >= 11 is 0. The Kier molecular flexibility index (Phi) is 4.64. The second-order valence-electron chi connectivity index (χ2n) is 10.9. The van der Waals surface area contributed by atoms with Crippen molar-refractivity contribution in [2.24, 2.45) is 0 Å². The van der Waals surface area contributed by atoms with Gasteiger partial charge in [-0.3, -0.25) is 4.40 Å². The van der Waals surface area contributed by atoms with Crippen LogP contribution in [0.1, 0.15) is 0 Å². The van der Waals surface area contributed by atoms with Crippen molar-refractivity contribution in [1.29, 1.82) is 0 Å². The predicted molar refractivity (Wildman–Crippen MR) is 174 cm³/mol. The first kappa shape index (κ1) is 22.4. The zero-order valence-corrected chi connectivity index (χ0v) is 22.3. The minimum atomic E-state index is 1.01. The first-order valence-electron chi connectivity index (χ1n) is 14.1. The number of nitrogens with zero attached hydrogens (tertiary/aromatic N) is 2. The molecule has 0 aliphatic rings. The van der Waals surface area contributed by atoms with E-state index in [4.69, 9.17) is 4.98 Å². The number of fused-ring (bicyclic) bond motifs is 10. The number of para-hydroxylation sites is 3. The highest BCUT2D eigenvalue weighted by Crippen LogP contribution is 2.36. The maximum Gasteiger partial charge on any atom is 0.146 e. The molecule has 0 amide bonds. The van der Waals surface area contributed by atoms with E-state index in [1.165, 1.54) is 65.5 Å². The molecule has 2 nitrogen and oxygen atoms in total. The van der Waals surface area contributed by atoms with Gasteiger partial charge in [-0.25, -0.2) is 4.98 Å². The third-order valence-electron chi connectivity index (χ3n) is 8.51. The Morgan fingerprint density at radius 2 is 0.902 bits per heavy atom. The normalized spacial score (nSPS) is 11.9. The van der Waals surface area contributed by atoms with Crippen LogP contribution in [0.15, 0.2) is 146 Å². The van der Waals surface area contributed by atoms with Crippen LogP contribution in [0, 0.1) is 0 Å². The molecule has 2 heteroatoms. The van der Waals surface area contributed by atoms with Gasteiger partial charge in [-0.1, -0.05) is 97.1 Å². The number of benzene rings is 7. The van der Waals surface area contributed by atoms with Gasteiger partial charge in [-0.2, -0.15) is 0 Å².